The zero-order valence-corrected chi connectivity index (χ0v) is 14.3. The predicted molar refractivity (Wildman–Crippen MR) is 79.9 cm³/mol. The maximum Gasteiger partial charge on any atom is 0.250 e. The molecule has 0 aliphatic carbocycles. The van der Waals surface area contributed by atoms with E-state index in [4.69, 9.17) is 0 Å². The van der Waals surface area contributed by atoms with Crippen molar-refractivity contribution in [1.29, 1.82) is 0 Å². The Morgan fingerprint density at radius 3 is 2.50 bits per heavy atom. The fraction of sp³-hybridized carbons (Fsp3) is 0.556. The molecule has 0 saturated carbocycles. The first-order valence-electron chi connectivity index (χ1n) is 4.70. The van der Waals surface area contributed by atoms with Crippen LogP contribution in [-0.4, -0.2) is 18.9 Å². The first-order chi connectivity index (χ1) is 7.36. The number of nitrogens with one attached hydrogen (secondary N) is 1. The molecular formula is C9H13BrINO2S2. The lowest BCUT2D eigenvalue weighted by atomic mass is 10.1. The Kier molecular flexibility index (Phi) is 5.69. The van der Waals surface area contributed by atoms with Gasteiger partial charge in [-0.3, -0.25) is 0 Å². The van der Waals surface area contributed by atoms with Crippen molar-refractivity contribution in [1.82, 2.24) is 4.72 Å². The third-order valence-electron chi connectivity index (χ3n) is 2.09. The molecule has 0 amide bonds. The van der Waals surface area contributed by atoms with Crippen LogP contribution in [0.4, 0.5) is 0 Å². The minimum absolute atomic E-state index is 0.0218. The van der Waals surface area contributed by atoms with Crippen LogP contribution in [0, 0.1) is 5.92 Å². The van der Waals surface area contributed by atoms with Crippen LogP contribution >= 0.6 is 49.9 Å². The van der Waals surface area contributed by atoms with Crippen molar-refractivity contribution in [3.05, 3.63) is 15.9 Å². The average Bonchev–Trinajstić information content (AvgIpc) is 2.61. The largest absolute Gasteiger partial charge is 0.250 e. The molecule has 0 saturated heterocycles. The van der Waals surface area contributed by atoms with Crippen LogP contribution in [0.3, 0.4) is 0 Å². The number of alkyl halides is 1. The SMILES string of the molecule is CC(C)C(CI)NS(=O)(=O)c1ccc(Br)s1. The molecule has 92 valence electrons. The van der Waals surface area contributed by atoms with Gasteiger partial charge in [0.2, 0.25) is 10.0 Å². The van der Waals surface area contributed by atoms with Gasteiger partial charge in [0.15, 0.2) is 0 Å². The van der Waals surface area contributed by atoms with Crippen molar-refractivity contribution in [2.24, 2.45) is 5.92 Å². The molecule has 0 aliphatic rings. The van der Waals surface area contributed by atoms with Crippen LogP contribution in [0.5, 0.6) is 0 Å². The van der Waals surface area contributed by atoms with E-state index in [0.717, 1.165) is 8.21 Å². The lowest BCUT2D eigenvalue weighted by Gasteiger charge is -2.19. The Morgan fingerprint density at radius 1 is 1.50 bits per heavy atom. The van der Waals surface area contributed by atoms with Crippen molar-refractivity contribution >= 4 is 59.9 Å². The molecule has 1 rings (SSSR count). The van der Waals surface area contributed by atoms with Gasteiger partial charge in [-0.25, -0.2) is 13.1 Å². The normalized spacial score (nSPS) is 14.3. The fourth-order valence-corrected chi connectivity index (χ4v) is 5.99. The smallest absolute Gasteiger partial charge is 0.206 e. The second-order valence-electron chi connectivity index (χ2n) is 3.68. The third kappa shape index (κ3) is 3.94. The number of hydrogen-bond acceptors (Lipinski definition) is 3. The van der Waals surface area contributed by atoms with E-state index in [9.17, 15) is 8.42 Å². The van der Waals surface area contributed by atoms with Gasteiger partial charge in [-0.1, -0.05) is 36.4 Å². The summed E-state index contributed by atoms with van der Waals surface area (Å²) in [7, 11) is -3.36. The highest BCUT2D eigenvalue weighted by Gasteiger charge is 2.22. The van der Waals surface area contributed by atoms with Gasteiger partial charge in [0.1, 0.15) is 4.21 Å². The van der Waals surface area contributed by atoms with Crippen LogP contribution in [0.2, 0.25) is 0 Å². The molecule has 1 heterocycles. The van der Waals surface area contributed by atoms with Crippen molar-refractivity contribution in [2.75, 3.05) is 4.43 Å². The summed E-state index contributed by atoms with van der Waals surface area (Å²) in [6, 6.07) is 3.33. The van der Waals surface area contributed by atoms with Gasteiger partial charge in [-0.2, -0.15) is 0 Å². The zero-order chi connectivity index (χ0) is 12.3. The van der Waals surface area contributed by atoms with Gasteiger partial charge in [0.05, 0.1) is 3.79 Å². The molecule has 7 heteroatoms. The van der Waals surface area contributed by atoms with Gasteiger partial charge in [-0.15, -0.1) is 11.3 Å². The van der Waals surface area contributed by atoms with Crippen molar-refractivity contribution in [2.45, 2.75) is 24.1 Å². The van der Waals surface area contributed by atoms with E-state index in [0.29, 0.717) is 4.21 Å². The number of sulfonamides is 1. The molecule has 0 spiro atoms. The van der Waals surface area contributed by atoms with Crippen molar-refractivity contribution in [3.63, 3.8) is 0 Å². The first-order valence-corrected chi connectivity index (χ1v) is 9.32. The summed E-state index contributed by atoms with van der Waals surface area (Å²) >= 11 is 6.68. The van der Waals surface area contributed by atoms with Crippen LogP contribution < -0.4 is 4.72 Å². The maximum atomic E-state index is 12.0. The monoisotopic (exact) mass is 437 g/mol. The summed E-state index contributed by atoms with van der Waals surface area (Å²) in [4.78, 5) is 0. The van der Waals surface area contributed by atoms with Crippen molar-refractivity contribution in [3.8, 4) is 0 Å². The van der Waals surface area contributed by atoms with Gasteiger partial charge < -0.3 is 0 Å². The Morgan fingerprint density at radius 2 is 2.12 bits per heavy atom. The highest BCUT2D eigenvalue weighted by Crippen LogP contribution is 2.26. The van der Waals surface area contributed by atoms with E-state index in [-0.39, 0.29) is 12.0 Å². The second-order valence-corrected chi connectivity index (χ2v) is 8.97. The standard InChI is InChI=1S/C9H13BrINO2S2/c1-6(2)7(5-11)12-16(13,14)9-4-3-8(10)15-9/h3-4,6-7,12H,5H2,1-2H3. The topological polar surface area (TPSA) is 46.2 Å². The van der Waals surface area contributed by atoms with E-state index in [1.807, 2.05) is 13.8 Å². The van der Waals surface area contributed by atoms with E-state index >= 15 is 0 Å². The molecule has 0 fully saturated rings. The molecule has 0 aromatic carbocycles. The molecule has 1 aromatic rings. The molecular weight excluding hydrogens is 425 g/mol. The lowest BCUT2D eigenvalue weighted by Crippen LogP contribution is -2.39. The zero-order valence-electron chi connectivity index (χ0n) is 8.91. The summed E-state index contributed by atoms with van der Waals surface area (Å²) in [6.07, 6.45) is 0. The van der Waals surface area contributed by atoms with Gasteiger partial charge >= 0.3 is 0 Å². The van der Waals surface area contributed by atoms with E-state index in [2.05, 4.69) is 43.2 Å². The predicted octanol–water partition coefficient (Wildman–Crippen LogP) is 3.25. The maximum absolute atomic E-state index is 12.0. The molecule has 1 N–H and O–H groups in total. The van der Waals surface area contributed by atoms with Crippen LogP contribution in [0.1, 0.15) is 13.8 Å². The van der Waals surface area contributed by atoms with Crippen LogP contribution in [0.25, 0.3) is 0 Å². The third-order valence-corrected chi connectivity index (χ3v) is 6.65. The van der Waals surface area contributed by atoms with E-state index in [1.165, 1.54) is 11.3 Å². The summed E-state index contributed by atoms with van der Waals surface area (Å²) < 4.78 is 28.7. The molecule has 1 aromatic heterocycles. The summed E-state index contributed by atoms with van der Waals surface area (Å²) in [5.74, 6) is 0.287. The van der Waals surface area contributed by atoms with Gasteiger partial charge in [-0.05, 0) is 34.0 Å². The minimum Gasteiger partial charge on any atom is -0.206 e. The quantitative estimate of drug-likeness (QED) is 0.567. The summed E-state index contributed by atoms with van der Waals surface area (Å²) in [5.41, 5.74) is 0. The Labute approximate surface area is 122 Å². The summed E-state index contributed by atoms with van der Waals surface area (Å²) in [6.45, 7) is 4.02. The minimum atomic E-state index is -3.36. The molecule has 0 radical (unpaired) electrons. The second kappa shape index (κ2) is 6.12. The molecule has 0 aliphatic heterocycles. The summed E-state index contributed by atoms with van der Waals surface area (Å²) in [5, 5.41) is 0. The first kappa shape index (κ1) is 14.9. The molecule has 1 unspecified atom stereocenters. The highest BCUT2D eigenvalue weighted by atomic mass is 127. The Bertz CT molecular complexity index is 444. The van der Waals surface area contributed by atoms with Gasteiger partial charge in [0, 0.05) is 10.5 Å². The Hall–Kier alpha value is 0.820. The lowest BCUT2D eigenvalue weighted by molar-refractivity contribution is 0.487. The van der Waals surface area contributed by atoms with Crippen LogP contribution in [0.15, 0.2) is 20.1 Å². The number of halogens is 2. The van der Waals surface area contributed by atoms with Gasteiger partial charge in [0.25, 0.3) is 0 Å². The van der Waals surface area contributed by atoms with Crippen LogP contribution in [-0.2, 0) is 10.0 Å². The number of rotatable bonds is 5. The molecule has 1 atom stereocenters. The van der Waals surface area contributed by atoms with E-state index < -0.39 is 10.0 Å². The fourth-order valence-electron chi connectivity index (χ4n) is 1.05. The van der Waals surface area contributed by atoms with E-state index in [1.54, 1.807) is 12.1 Å². The molecule has 16 heavy (non-hydrogen) atoms. The molecule has 0 bridgehead atoms. The number of thiophene rings is 1. The number of hydrogen-bond donors (Lipinski definition) is 1. The highest BCUT2D eigenvalue weighted by molar-refractivity contribution is 14.1. The average molecular weight is 438 g/mol. The molecule has 3 nitrogen and oxygen atoms in total. The van der Waals surface area contributed by atoms with Crippen molar-refractivity contribution < 1.29 is 8.42 Å². The Balaban J connectivity index is 2.87.